The van der Waals surface area contributed by atoms with Crippen molar-refractivity contribution in [1.29, 1.82) is 0 Å². The van der Waals surface area contributed by atoms with Gasteiger partial charge in [0.25, 0.3) is 0 Å². The molecule has 2 fully saturated rings. The standard InChI is InChI=1S/C25H27N5O/c1-2-18(1)14-27-23-9-6-19-5-3-17(13-22(19)29-23)4-7-21-8-10-24(31-21)30-12-11-20-15-26-16-28-25(20)30/h3,5-6,9,11-13,15-16,18,21,24H,1-2,4,7-8,10,14H2,(H,27,29). The normalized spacial score (nSPS) is 21.2. The van der Waals surface area contributed by atoms with Crippen molar-refractivity contribution >= 4 is 27.8 Å². The van der Waals surface area contributed by atoms with Crippen LogP contribution in [0, 0.1) is 5.92 Å². The van der Waals surface area contributed by atoms with Crippen molar-refractivity contribution in [2.24, 2.45) is 5.92 Å². The molecule has 2 unspecified atom stereocenters. The predicted octanol–water partition coefficient (Wildman–Crippen LogP) is 5.11. The van der Waals surface area contributed by atoms with E-state index in [1.165, 1.54) is 23.8 Å². The van der Waals surface area contributed by atoms with Crippen LogP contribution in [0.4, 0.5) is 5.82 Å². The molecule has 0 bridgehead atoms. The van der Waals surface area contributed by atoms with Gasteiger partial charge in [-0.3, -0.25) is 0 Å². The summed E-state index contributed by atoms with van der Waals surface area (Å²) in [7, 11) is 0. The molecule has 2 atom stereocenters. The zero-order chi connectivity index (χ0) is 20.6. The van der Waals surface area contributed by atoms with Crippen molar-refractivity contribution in [3.05, 3.63) is 60.7 Å². The van der Waals surface area contributed by atoms with E-state index in [1.807, 2.05) is 6.20 Å². The second-order valence-electron chi connectivity index (χ2n) is 8.90. The maximum Gasteiger partial charge on any atom is 0.145 e. The van der Waals surface area contributed by atoms with Crippen LogP contribution in [0.1, 0.15) is 43.9 Å². The molecule has 1 saturated heterocycles. The fraction of sp³-hybridized carbons (Fsp3) is 0.400. The second kappa shape index (κ2) is 7.93. The Morgan fingerprint density at radius 2 is 1.97 bits per heavy atom. The van der Waals surface area contributed by atoms with Crippen LogP contribution in [0.2, 0.25) is 0 Å². The number of hydrogen-bond acceptors (Lipinski definition) is 5. The van der Waals surface area contributed by atoms with Crippen molar-refractivity contribution in [1.82, 2.24) is 19.5 Å². The molecule has 1 N–H and O–H groups in total. The maximum absolute atomic E-state index is 6.38. The number of nitrogens with one attached hydrogen (secondary N) is 1. The number of hydrogen-bond donors (Lipinski definition) is 1. The van der Waals surface area contributed by atoms with Crippen LogP contribution in [0.15, 0.2) is 55.1 Å². The Morgan fingerprint density at radius 1 is 1.03 bits per heavy atom. The number of nitrogens with zero attached hydrogens (tertiary/aromatic N) is 4. The third-order valence-corrected chi connectivity index (χ3v) is 6.55. The van der Waals surface area contributed by atoms with Crippen molar-refractivity contribution in [2.75, 3.05) is 11.9 Å². The molecule has 2 aliphatic rings. The van der Waals surface area contributed by atoms with Crippen LogP contribution in [-0.4, -0.2) is 32.2 Å². The molecule has 0 spiro atoms. The number of aryl methyl sites for hydroxylation is 1. The van der Waals surface area contributed by atoms with E-state index in [2.05, 4.69) is 62.4 Å². The Labute approximate surface area is 181 Å². The topological polar surface area (TPSA) is 64.9 Å². The minimum Gasteiger partial charge on any atom is -0.370 e. The molecule has 158 valence electrons. The average molecular weight is 414 g/mol. The van der Waals surface area contributed by atoms with Crippen molar-refractivity contribution in [3.8, 4) is 0 Å². The molecule has 6 nitrogen and oxygen atoms in total. The fourth-order valence-electron chi connectivity index (χ4n) is 4.55. The third-order valence-electron chi connectivity index (χ3n) is 6.55. The van der Waals surface area contributed by atoms with E-state index in [1.54, 1.807) is 6.33 Å². The monoisotopic (exact) mass is 413 g/mol. The zero-order valence-corrected chi connectivity index (χ0v) is 17.6. The van der Waals surface area contributed by atoms with Crippen LogP contribution in [0.5, 0.6) is 0 Å². The van der Waals surface area contributed by atoms with E-state index in [9.17, 15) is 0 Å². The van der Waals surface area contributed by atoms with Crippen LogP contribution >= 0.6 is 0 Å². The van der Waals surface area contributed by atoms with Gasteiger partial charge in [0.15, 0.2) is 0 Å². The van der Waals surface area contributed by atoms with Crippen LogP contribution < -0.4 is 5.32 Å². The molecule has 4 heterocycles. The highest BCUT2D eigenvalue weighted by Gasteiger charge is 2.27. The minimum absolute atomic E-state index is 0.0655. The summed E-state index contributed by atoms with van der Waals surface area (Å²) in [6.07, 6.45) is 12.7. The minimum atomic E-state index is 0.0655. The molecular weight excluding hydrogens is 386 g/mol. The van der Waals surface area contributed by atoms with Gasteiger partial charge in [0, 0.05) is 29.7 Å². The number of fused-ring (bicyclic) bond motifs is 2. The van der Waals surface area contributed by atoms with Gasteiger partial charge in [-0.1, -0.05) is 12.1 Å². The van der Waals surface area contributed by atoms with Gasteiger partial charge in [-0.15, -0.1) is 0 Å². The van der Waals surface area contributed by atoms with Crippen LogP contribution in [0.25, 0.3) is 21.9 Å². The van der Waals surface area contributed by atoms with Gasteiger partial charge in [0.2, 0.25) is 0 Å². The molecule has 6 rings (SSSR count). The predicted molar refractivity (Wildman–Crippen MR) is 122 cm³/mol. The summed E-state index contributed by atoms with van der Waals surface area (Å²) in [5.41, 5.74) is 3.35. The van der Waals surface area contributed by atoms with E-state index in [-0.39, 0.29) is 12.3 Å². The lowest BCUT2D eigenvalue weighted by Gasteiger charge is -2.16. The number of anilines is 1. The lowest BCUT2D eigenvalue weighted by Crippen LogP contribution is -2.12. The van der Waals surface area contributed by atoms with Crippen molar-refractivity contribution in [2.45, 2.75) is 50.9 Å². The number of rotatable bonds is 7. The lowest BCUT2D eigenvalue weighted by molar-refractivity contribution is 0.00120. The van der Waals surface area contributed by atoms with Gasteiger partial charge >= 0.3 is 0 Å². The summed E-state index contributed by atoms with van der Waals surface area (Å²) in [5.74, 6) is 1.83. The molecule has 0 radical (unpaired) electrons. The molecule has 31 heavy (non-hydrogen) atoms. The SMILES string of the molecule is c1ncc2ccn(C3CCC(CCc4ccc5ccc(NCC6CC6)nc5c4)O3)c2n1. The van der Waals surface area contributed by atoms with Gasteiger partial charge in [-0.25, -0.2) is 15.0 Å². The van der Waals surface area contributed by atoms with Gasteiger partial charge in [0.1, 0.15) is 24.0 Å². The van der Waals surface area contributed by atoms with Crippen LogP contribution in [-0.2, 0) is 11.2 Å². The van der Waals surface area contributed by atoms with Crippen molar-refractivity contribution in [3.63, 3.8) is 0 Å². The third kappa shape index (κ3) is 4.00. The fourth-order valence-corrected chi connectivity index (χ4v) is 4.55. The van der Waals surface area contributed by atoms with Gasteiger partial charge in [-0.05, 0) is 74.3 Å². The Kier molecular flexibility index (Phi) is 4.80. The Hall–Kier alpha value is -2.99. The van der Waals surface area contributed by atoms with E-state index in [4.69, 9.17) is 9.72 Å². The first-order chi connectivity index (χ1) is 15.3. The first kappa shape index (κ1) is 18.8. The van der Waals surface area contributed by atoms with Gasteiger partial charge in [0.05, 0.1) is 11.6 Å². The van der Waals surface area contributed by atoms with Crippen LogP contribution in [0.3, 0.4) is 0 Å². The molecular formula is C25H27N5O. The summed E-state index contributed by atoms with van der Waals surface area (Å²) in [6.45, 7) is 1.04. The first-order valence-corrected chi connectivity index (χ1v) is 11.4. The molecule has 0 amide bonds. The molecule has 3 aromatic heterocycles. The Morgan fingerprint density at radius 3 is 2.90 bits per heavy atom. The second-order valence-corrected chi connectivity index (χ2v) is 8.90. The molecule has 4 aromatic rings. The smallest absolute Gasteiger partial charge is 0.145 e. The molecule has 6 heteroatoms. The largest absolute Gasteiger partial charge is 0.370 e. The van der Waals surface area contributed by atoms with E-state index in [0.29, 0.717) is 0 Å². The van der Waals surface area contributed by atoms with Crippen molar-refractivity contribution < 1.29 is 4.74 Å². The Balaban J connectivity index is 1.10. The van der Waals surface area contributed by atoms with E-state index < -0.39 is 0 Å². The van der Waals surface area contributed by atoms with Gasteiger partial charge in [-0.2, -0.15) is 0 Å². The Bertz CT molecular complexity index is 1210. The highest BCUT2D eigenvalue weighted by Crippen LogP contribution is 2.33. The summed E-state index contributed by atoms with van der Waals surface area (Å²) in [4.78, 5) is 13.4. The summed E-state index contributed by atoms with van der Waals surface area (Å²) >= 11 is 0. The first-order valence-electron chi connectivity index (χ1n) is 11.4. The number of aromatic nitrogens is 4. The number of benzene rings is 1. The van der Waals surface area contributed by atoms with E-state index >= 15 is 0 Å². The highest BCUT2D eigenvalue weighted by molar-refractivity contribution is 5.81. The average Bonchev–Trinajstić information content (AvgIpc) is 3.35. The summed E-state index contributed by atoms with van der Waals surface area (Å²) in [6, 6.07) is 13.0. The summed E-state index contributed by atoms with van der Waals surface area (Å²) in [5, 5.41) is 5.74. The maximum atomic E-state index is 6.38. The summed E-state index contributed by atoms with van der Waals surface area (Å²) < 4.78 is 8.53. The van der Waals surface area contributed by atoms with E-state index in [0.717, 1.165) is 60.5 Å². The zero-order valence-electron chi connectivity index (χ0n) is 17.6. The molecule has 1 saturated carbocycles. The highest BCUT2D eigenvalue weighted by atomic mass is 16.5. The number of pyridine rings is 1. The van der Waals surface area contributed by atoms with Gasteiger partial charge < -0.3 is 14.6 Å². The lowest BCUT2D eigenvalue weighted by atomic mass is 10.0. The molecule has 1 aromatic carbocycles. The number of ether oxygens (including phenoxy) is 1. The molecule has 1 aliphatic heterocycles. The molecule has 1 aliphatic carbocycles. The quantitative estimate of drug-likeness (QED) is 0.456.